The van der Waals surface area contributed by atoms with Crippen molar-refractivity contribution >= 4 is 11.6 Å². The number of carbonyl (C=O) groups is 1. The van der Waals surface area contributed by atoms with Gasteiger partial charge in [0.05, 0.1) is 18.7 Å². The van der Waals surface area contributed by atoms with Gasteiger partial charge < -0.3 is 14.4 Å². The maximum atomic E-state index is 12.5. The topological polar surface area (TPSA) is 62.6 Å². The summed E-state index contributed by atoms with van der Waals surface area (Å²) in [5.74, 6) is 1.30. The van der Waals surface area contributed by atoms with E-state index in [4.69, 9.17) is 14.7 Å². The molecular formula is C19H18N2O3. The molecule has 0 fully saturated rings. The third kappa shape index (κ3) is 3.33. The number of fused-ring (bicyclic) bond motifs is 1. The fourth-order valence-electron chi connectivity index (χ4n) is 2.81. The Labute approximate surface area is 141 Å². The Hall–Kier alpha value is -3.00. The summed E-state index contributed by atoms with van der Waals surface area (Å²) in [5.41, 5.74) is 2.61. The van der Waals surface area contributed by atoms with Crippen LogP contribution in [0.4, 0.5) is 5.69 Å². The number of carbonyl (C=O) groups excluding carboxylic acids is 1. The molecule has 2 aromatic carbocycles. The highest BCUT2D eigenvalue weighted by Crippen LogP contribution is 2.30. The Morgan fingerprint density at radius 2 is 1.96 bits per heavy atom. The number of anilines is 1. The minimum Gasteiger partial charge on any atom is -0.497 e. The zero-order chi connectivity index (χ0) is 16.9. The second kappa shape index (κ2) is 7.05. The lowest BCUT2D eigenvalue weighted by molar-refractivity contribution is -0.120. The maximum absolute atomic E-state index is 12.5. The summed E-state index contributed by atoms with van der Waals surface area (Å²) in [7, 11) is 1.64. The molecule has 24 heavy (non-hydrogen) atoms. The van der Waals surface area contributed by atoms with Crippen molar-refractivity contribution in [1.82, 2.24) is 0 Å². The van der Waals surface area contributed by atoms with Crippen LogP contribution in [-0.2, 0) is 11.2 Å². The first-order valence-corrected chi connectivity index (χ1v) is 7.81. The molecule has 2 aromatic rings. The zero-order valence-electron chi connectivity index (χ0n) is 13.5. The number of aryl methyl sites for hydroxylation is 1. The van der Waals surface area contributed by atoms with Crippen LogP contribution in [0, 0.1) is 11.3 Å². The normalized spacial score (nSPS) is 12.9. The highest BCUT2D eigenvalue weighted by atomic mass is 16.5. The summed E-state index contributed by atoms with van der Waals surface area (Å²) in [5, 5.41) is 8.79. The number of amides is 1. The van der Waals surface area contributed by atoms with E-state index < -0.39 is 0 Å². The number of rotatable bonds is 4. The maximum Gasteiger partial charge on any atom is 0.264 e. The standard InChI is InChI=1S/C19H18N2O3/c1-23-17-8-9-18-15(11-17)3-2-10-21(18)19(22)13-24-16-6-4-14(12-20)5-7-16/h4-9,11H,2-3,10,13H2,1H3. The molecule has 5 nitrogen and oxygen atoms in total. The lowest BCUT2D eigenvalue weighted by atomic mass is 10.0. The first-order valence-electron chi connectivity index (χ1n) is 7.81. The van der Waals surface area contributed by atoms with Gasteiger partial charge in [-0.25, -0.2) is 0 Å². The number of nitrogens with zero attached hydrogens (tertiary/aromatic N) is 2. The second-order valence-corrected chi connectivity index (χ2v) is 5.57. The lowest BCUT2D eigenvalue weighted by Crippen LogP contribution is -2.38. The molecule has 1 heterocycles. The van der Waals surface area contributed by atoms with Crippen molar-refractivity contribution in [3.63, 3.8) is 0 Å². The van der Waals surface area contributed by atoms with Gasteiger partial charge in [-0.15, -0.1) is 0 Å². The summed E-state index contributed by atoms with van der Waals surface area (Å²) >= 11 is 0. The molecule has 122 valence electrons. The predicted octanol–water partition coefficient (Wildman–Crippen LogP) is 2.93. The van der Waals surface area contributed by atoms with Gasteiger partial charge in [-0.05, 0) is 60.9 Å². The molecule has 0 atom stereocenters. The van der Waals surface area contributed by atoms with E-state index in [1.165, 1.54) is 0 Å². The molecule has 1 aliphatic rings. The lowest BCUT2D eigenvalue weighted by Gasteiger charge is -2.29. The van der Waals surface area contributed by atoms with Crippen LogP contribution in [0.3, 0.4) is 0 Å². The summed E-state index contributed by atoms with van der Waals surface area (Å²) in [6, 6.07) is 14.6. The monoisotopic (exact) mass is 322 g/mol. The summed E-state index contributed by atoms with van der Waals surface area (Å²) in [6.07, 6.45) is 1.86. The van der Waals surface area contributed by atoms with E-state index in [0.717, 1.165) is 29.8 Å². The molecule has 1 amide bonds. The summed E-state index contributed by atoms with van der Waals surface area (Å²) in [6.45, 7) is 0.659. The molecule has 0 aliphatic carbocycles. The van der Waals surface area contributed by atoms with Crippen LogP contribution in [0.5, 0.6) is 11.5 Å². The smallest absolute Gasteiger partial charge is 0.264 e. The minimum atomic E-state index is -0.0783. The second-order valence-electron chi connectivity index (χ2n) is 5.57. The minimum absolute atomic E-state index is 0.0304. The first-order chi connectivity index (χ1) is 11.7. The zero-order valence-corrected chi connectivity index (χ0v) is 13.5. The summed E-state index contributed by atoms with van der Waals surface area (Å²) < 4.78 is 10.8. The van der Waals surface area contributed by atoms with E-state index in [9.17, 15) is 4.79 Å². The van der Waals surface area contributed by atoms with Crippen molar-refractivity contribution in [3.05, 3.63) is 53.6 Å². The fourth-order valence-corrected chi connectivity index (χ4v) is 2.81. The Balaban J connectivity index is 1.68. The van der Waals surface area contributed by atoms with Gasteiger partial charge >= 0.3 is 0 Å². The molecular weight excluding hydrogens is 304 g/mol. The molecule has 0 saturated carbocycles. The van der Waals surface area contributed by atoms with Crippen molar-refractivity contribution < 1.29 is 14.3 Å². The van der Waals surface area contributed by atoms with Gasteiger partial charge in [-0.2, -0.15) is 5.26 Å². The number of hydrogen-bond acceptors (Lipinski definition) is 4. The van der Waals surface area contributed by atoms with E-state index in [1.54, 1.807) is 36.3 Å². The molecule has 0 bridgehead atoms. The number of benzene rings is 2. The summed E-state index contributed by atoms with van der Waals surface area (Å²) in [4.78, 5) is 14.3. The Kier molecular flexibility index (Phi) is 4.66. The van der Waals surface area contributed by atoms with Crippen LogP contribution < -0.4 is 14.4 Å². The van der Waals surface area contributed by atoms with Gasteiger partial charge in [-0.1, -0.05) is 0 Å². The average molecular weight is 322 g/mol. The van der Waals surface area contributed by atoms with Crippen LogP contribution in [-0.4, -0.2) is 26.2 Å². The molecule has 3 rings (SSSR count). The van der Waals surface area contributed by atoms with E-state index in [1.807, 2.05) is 18.2 Å². The van der Waals surface area contributed by atoms with Crippen LogP contribution in [0.25, 0.3) is 0 Å². The Morgan fingerprint density at radius 3 is 2.67 bits per heavy atom. The molecule has 5 heteroatoms. The fraction of sp³-hybridized carbons (Fsp3) is 0.263. The van der Waals surface area contributed by atoms with E-state index in [0.29, 0.717) is 17.9 Å². The molecule has 1 aliphatic heterocycles. The highest BCUT2D eigenvalue weighted by Gasteiger charge is 2.23. The molecule has 0 unspecified atom stereocenters. The van der Waals surface area contributed by atoms with Crippen molar-refractivity contribution in [2.45, 2.75) is 12.8 Å². The largest absolute Gasteiger partial charge is 0.497 e. The van der Waals surface area contributed by atoms with E-state index in [-0.39, 0.29) is 12.5 Å². The van der Waals surface area contributed by atoms with Crippen LogP contribution in [0.15, 0.2) is 42.5 Å². The van der Waals surface area contributed by atoms with Crippen LogP contribution in [0.2, 0.25) is 0 Å². The number of hydrogen-bond donors (Lipinski definition) is 0. The van der Waals surface area contributed by atoms with Crippen molar-refractivity contribution in [3.8, 4) is 17.6 Å². The average Bonchev–Trinajstić information content (AvgIpc) is 2.65. The van der Waals surface area contributed by atoms with Crippen molar-refractivity contribution in [1.29, 1.82) is 5.26 Å². The van der Waals surface area contributed by atoms with E-state index >= 15 is 0 Å². The van der Waals surface area contributed by atoms with Gasteiger partial charge in [0.15, 0.2) is 6.61 Å². The third-order valence-corrected chi connectivity index (χ3v) is 4.05. The molecule has 0 radical (unpaired) electrons. The van der Waals surface area contributed by atoms with E-state index in [2.05, 4.69) is 6.07 Å². The number of ether oxygens (including phenoxy) is 2. The van der Waals surface area contributed by atoms with Crippen molar-refractivity contribution in [2.75, 3.05) is 25.2 Å². The highest BCUT2D eigenvalue weighted by molar-refractivity contribution is 5.95. The van der Waals surface area contributed by atoms with Gasteiger partial charge in [-0.3, -0.25) is 4.79 Å². The van der Waals surface area contributed by atoms with Gasteiger partial charge in [0.25, 0.3) is 5.91 Å². The molecule has 0 aromatic heterocycles. The van der Waals surface area contributed by atoms with Gasteiger partial charge in [0.2, 0.25) is 0 Å². The number of methoxy groups -OCH3 is 1. The van der Waals surface area contributed by atoms with Crippen LogP contribution >= 0.6 is 0 Å². The van der Waals surface area contributed by atoms with Gasteiger partial charge in [0.1, 0.15) is 11.5 Å². The molecule has 0 saturated heterocycles. The Bertz CT molecular complexity index is 778. The molecule has 0 N–H and O–H groups in total. The molecule has 0 spiro atoms. The number of nitriles is 1. The first kappa shape index (κ1) is 15.9. The van der Waals surface area contributed by atoms with Gasteiger partial charge in [0, 0.05) is 12.2 Å². The van der Waals surface area contributed by atoms with Crippen LogP contribution in [0.1, 0.15) is 17.5 Å². The third-order valence-electron chi connectivity index (χ3n) is 4.05. The Morgan fingerprint density at radius 1 is 1.21 bits per heavy atom. The van der Waals surface area contributed by atoms with Crippen molar-refractivity contribution in [2.24, 2.45) is 0 Å². The SMILES string of the molecule is COc1ccc2c(c1)CCCN2C(=O)COc1ccc(C#N)cc1. The predicted molar refractivity (Wildman–Crippen MR) is 90.3 cm³/mol. The quantitative estimate of drug-likeness (QED) is 0.868.